The number of carbonyl (C=O) groups excluding carboxylic acids is 3. The molecule has 4 N–H and O–H groups in total. The van der Waals surface area contributed by atoms with Gasteiger partial charge in [0.1, 0.15) is 5.75 Å². The Hall–Kier alpha value is -4.97. The van der Waals surface area contributed by atoms with Gasteiger partial charge in [-0.05, 0) is 85.1 Å². The first-order valence-electron chi connectivity index (χ1n) is 17.9. The second kappa shape index (κ2) is 13.9. The lowest BCUT2D eigenvalue weighted by Crippen LogP contribution is -2.52. The molecule has 0 bridgehead atoms. The Kier molecular flexibility index (Phi) is 9.45. The number of nitrogens with zero attached hydrogens (tertiary/aromatic N) is 2. The number of nitrogens with two attached hydrogens (primary N) is 1. The van der Waals surface area contributed by atoms with E-state index in [1.165, 1.54) is 0 Å². The molecule has 4 aromatic rings. The normalized spacial score (nSPS) is 24.0. The van der Waals surface area contributed by atoms with Crippen LogP contribution in [0.25, 0.3) is 0 Å². The van der Waals surface area contributed by atoms with Gasteiger partial charge in [-0.25, -0.2) is 0 Å². The average Bonchev–Trinajstić information content (AvgIpc) is 3.82. The third-order valence-electron chi connectivity index (χ3n) is 11.5. The maximum absolute atomic E-state index is 15.2. The minimum Gasteiger partial charge on any atom is -0.497 e. The van der Waals surface area contributed by atoms with Gasteiger partial charge in [-0.2, -0.15) is 0 Å². The number of anilines is 4. The molecular weight excluding hydrogens is 673 g/mol. The number of hydrogen-bond donors (Lipinski definition) is 3. The number of nitrogens with one attached hydrogen (secondary N) is 1. The minimum absolute atomic E-state index is 0.0783. The van der Waals surface area contributed by atoms with Crippen molar-refractivity contribution in [3.05, 3.63) is 108 Å². The number of nitrogen functional groups attached to an aromatic ring is 1. The fraction of sp³-hybridized carbons (Fsp3) is 0.341. The van der Waals surface area contributed by atoms with Crippen molar-refractivity contribution in [1.29, 1.82) is 0 Å². The van der Waals surface area contributed by atoms with Crippen molar-refractivity contribution in [1.82, 2.24) is 4.90 Å². The van der Waals surface area contributed by atoms with E-state index in [4.69, 9.17) is 15.2 Å². The third-order valence-corrected chi connectivity index (χ3v) is 15.8. The predicted molar refractivity (Wildman–Crippen MR) is 205 cm³/mol. The molecule has 3 aliphatic heterocycles. The molecular formula is C41H46N4O6Si. The summed E-state index contributed by atoms with van der Waals surface area (Å²) in [5.41, 5.74) is 7.79. The van der Waals surface area contributed by atoms with Gasteiger partial charge in [0.2, 0.25) is 5.91 Å². The van der Waals surface area contributed by atoms with E-state index in [2.05, 4.69) is 37.5 Å². The smallest absolute Gasteiger partial charge is 0.268 e. The van der Waals surface area contributed by atoms with E-state index in [-0.39, 0.29) is 48.3 Å². The number of aliphatic hydroxyl groups is 1. The maximum Gasteiger partial charge on any atom is 0.268 e. The van der Waals surface area contributed by atoms with Crippen LogP contribution in [0, 0.1) is 5.92 Å². The van der Waals surface area contributed by atoms with Crippen LogP contribution in [0.5, 0.6) is 5.75 Å². The van der Waals surface area contributed by atoms with Gasteiger partial charge >= 0.3 is 0 Å². The number of aliphatic hydroxyl groups excluding tert-OH is 1. The summed E-state index contributed by atoms with van der Waals surface area (Å²) in [5.74, 6) is -0.215. The molecule has 270 valence electrons. The SMILES string of the molecule is COc1ccc([Si](C)(C)[C@@H]2[C@@H](CC(=O)N3CCC[C@H]3CO)O[C@]3(C(=O)N(c4ccccc4)c4ccc(NC(=O)c5ccc(N)cc5)cc43)[C@H]2C)cc1. The highest BCUT2D eigenvalue weighted by molar-refractivity contribution is 6.91. The number of amides is 3. The average molecular weight is 719 g/mol. The van der Waals surface area contributed by atoms with Crippen LogP contribution in [-0.2, 0) is 19.9 Å². The summed E-state index contributed by atoms with van der Waals surface area (Å²) in [7, 11) is -0.885. The van der Waals surface area contributed by atoms with Gasteiger partial charge in [0.25, 0.3) is 11.8 Å². The first-order chi connectivity index (χ1) is 25.0. The van der Waals surface area contributed by atoms with Crippen molar-refractivity contribution in [2.45, 2.75) is 62.6 Å². The molecule has 4 aromatic carbocycles. The van der Waals surface area contributed by atoms with Crippen LogP contribution in [-0.4, -0.2) is 68.2 Å². The molecule has 3 aliphatic rings. The number of para-hydroxylation sites is 1. The maximum atomic E-state index is 15.2. The van der Waals surface area contributed by atoms with Gasteiger partial charge in [-0.3, -0.25) is 19.3 Å². The topological polar surface area (TPSA) is 134 Å². The van der Waals surface area contributed by atoms with E-state index in [9.17, 15) is 14.7 Å². The highest BCUT2D eigenvalue weighted by Gasteiger charge is 2.67. The summed E-state index contributed by atoms with van der Waals surface area (Å²) in [4.78, 5) is 46.2. The summed E-state index contributed by atoms with van der Waals surface area (Å²) in [6, 6.07) is 29.6. The molecule has 0 aromatic heterocycles. The van der Waals surface area contributed by atoms with Gasteiger partial charge in [0, 0.05) is 40.7 Å². The Balaban J connectivity index is 1.34. The van der Waals surface area contributed by atoms with E-state index >= 15 is 4.79 Å². The van der Waals surface area contributed by atoms with Crippen LogP contribution in [0.1, 0.15) is 42.1 Å². The third kappa shape index (κ3) is 5.96. The minimum atomic E-state index is -2.53. The zero-order valence-electron chi connectivity index (χ0n) is 30.0. The van der Waals surface area contributed by atoms with Crippen LogP contribution in [0.15, 0.2) is 97.1 Å². The highest BCUT2D eigenvalue weighted by atomic mass is 28.3. The van der Waals surface area contributed by atoms with Gasteiger partial charge in [0.15, 0.2) is 5.60 Å². The predicted octanol–water partition coefficient (Wildman–Crippen LogP) is 5.80. The van der Waals surface area contributed by atoms with Crippen molar-refractivity contribution < 1.29 is 29.0 Å². The number of hydrogen-bond acceptors (Lipinski definition) is 7. The molecule has 7 rings (SSSR count). The molecule has 0 radical (unpaired) electrons. The lowest BCUT2D eigenvalue weighted by molar-refractivity contribution is -0.149. The van der Waals surface area contributed by atoms with Gasteiger partial charge in [-0.15, -0.1) is 0 Å². The van der Waals surface area contributed by atoms with Gasteiger partial charge < -0.3 is 30.5 Å². The second-order valence-electron chi connectivity index (χ2n) is 14.7. The first kappa shape index (κ1) is 35.4. The molecule has 2 saturated heterocycles. The molecule has 2 fully saturated rings. The molecule has 1 spiro atoms. The summed E-state index contributed by atoms with van der Waals surface area (Å²) in [6.45, 7) is 7.13. The highest BCUT2D eigenvalue weighted by Crippen LogP contribution is 2.61. The number of benzene rings is 4. The van der Waals surface area contributed by atoms with Crippen LogP contribution < -0.4 is 25.9 Å². The first-order valence-corrected chi connectivity index (χ1v) is 21.0. The monoisotopic (exact) mass is 718 g/mol. The summed E-state index contributed by atoms with van der Waals surface area (Å²) < 4.78 is 12.7. The lowest BCUT2D eigenvalue weighted by Gasteiger charge is -2.37. The summed E-state index contributed by atoms with van der Waals surface area (Å²) >= 11 is 0. The van der Waals surface area contributed by atoms with E-state index in [1.807, 2.05) is 54.6 Å². The standard InChI is InChI=1S/C41H46N4O6Si/c1-26-38(52(3,4)33-19-17-32(50-2)18-20-33)36(24-37(47)44-22-8-11-31(44)25-46)51-41(26)34-23-29(43-39(48)27-12-14-28(42)15-13-27)16-21-35(34)45(40(41)49)30-9-6-5-7-10-30/h5-7,9-10,12-21,23,26,31,36,38,46H,8,11,22,24-25,42H2,1-4H3,(H,43,48)/t26-,31-,36+,38-,41+/m0/s1. The van der Waals surface area contributed by atoms with E-state index < -0.39 is 19.8 Å². The Labute approximate surface area is 305 Å². The van der Waals surface area contributed by atoms with Crippen molar-refractivity contribution in [3.8, 4) is 5.75 Å². The fourth-order valence-electron chi connectivity index (χ4n) is 8.83. The number of likely N-dealkylation sites (tertiary alicyclic amines) is 1. The molecule has 11 heteroatoms. The van der Waals surface area contributed by atoms with Crippen LogP contribution in [0.2, 0.25) is 18.6 Å². The number of methoxy groups -OCH3 is 1. The molecule has 0 unspecified atom stereocenters. The number of carbonyl (C=O) groups is 3. The van der Waals surface area contributed by atoms with Crippen molar-refractivity contribution in [2.24, 2.45) is 5.92 Å². The van der Waals surface area contributed by atoms with Crippen molar-refractivity contribution in [2.75, 3.05) is 36.2 Å². The van der Waals surface area contributed by atoms with Crippen LogP contribution >= 0.6 is 0 Å². The number of fused-ring (bicyclic) bond motifs is 2. The molecule has 5 atom stereocenters. The molecule has 52 heavy (non-hydrogen) atoms. The van der Waals surface area contributed by atoms with Crippen LogP contribution in [0.3, 0.4) is 0 Å². The molecule has 0 aliphatic carbocycles. The summed E-state index contributed by atoms with van der Waals surface area (Å²) in [5, 5.41) is 14.2. The van der Waals surface area contributed by atoms with Crippen molar-refractivity contribution in [3.63, 3.8) is 0 Å². The van der Waals surface area contributed by atoms with Gasteiger partial charge in [-0.1, -0.05) is 55.5 Å². The molecule has 0 saturated carbocycles. The Morgan fingerprint density at radius 1 is 1.02 bits per heavy atom. The van der Waals surface area contributed by atoms with E-state index in [1.54, 1.807) is 47.2 Å². The van der Waals surface area contributed by atoms with E-state index in [0.29, 0.717) is 40.4 Å². The van der Waals surface area contributed by atoms with Crippen molar-refractivity contribution >= 4 is 53.7 Å². The Bertz CT molecular complexity index is 1970. The molecule has 3 amide bonds. The molecule has 10 nitrogen and oxygen atoms in total. The second-order valence-corrected chi connectivity index (χ2v) is 19.4. The van der Waals surface area contributed by atoms with E-state index in [0.717, 1.165) is 23.8 Å². The summed E-state index contributed by atoms with van der Waals surface area (Å²) in [6.07, 6.45) is 1.08. The Morgan fingerprint density at radius 3 is 2.40 bits per heavy atom. The largest absolute Gasteiger partial charge is 0.497 e. The van der Waals surface area contributed by atoms with Gasteiger partial charge in [0.05, 0.1) is 46.0 Å². The number of rotatable bonds is 9. The fourth-order valence-corrected chi connectivity index (χ4v) is 12.8. The quantitative estimate of drug-likeness (QED) is 0.147. The number of ether oxygens (including phenoxy) is 2. The Morgan fingerprint density at radius 2 is 1.73 bits per heavy atom. The molecule has 3 heterocycles. The zero-order chi connectivity index (χ0) is 36.8. The lowest BCUT2D eigenvalue weighted by atomic mass is 9.82. The zero-order valence-corrected chi connectivity index (χ0v) is 31.0. The van der Waals surface area contributed by atoms with Crippen LogP contribution in [0.4, 0.5) is 22.7 Å².